The minimum atomic E-state index is -0.868. The van der Waals surface area contributed by atoms with Crippen LogP contribution in [0, 0.1) is 5.92 Å². The van der Waals surface area contributed by atoms with Crippen molar-refractivity contribution in [2.45, 2.75) is 23.7 Å². The van der Waals surface area contributed by atoms with Crippen LogP contribution in [0.25, 0.3) is 10.8 Å². The number of alkyl halides is 2. The highest BCUT2D eigenvalue weighted by atomic mass is 35.5. The van der Waals surface area contributed by atoms with E-state index in [9.17, 15) is 4.79 Å². The molecule has 4 heteroatoms. The first-order valence-corrected chi connectivity index (χ1v) is 7.40. The molecule has 20 heavy (non-hydrogen) atoms. The highest BCUT2D eigenvalue weighted by Gasteiger charge is 2.56. The molecule has 0 radical (unpaired) electrons. The van der Waals surface area contributed by atoms with Gasteiger partial charge in [0, 0.05) is 0 Å². The van der Waals surface area contributed by atoms with Crippen LogP contribution in [-0.2, 0) is 4.79 Å². The number of hydrogen-bond acceptors (Lipinski definition) is 1. The predicted octanol–water partition coefficient (Wildman–Crippen LogP) is 4.21. The van der Waals surface area contributed by atoms with Gasteiger partial charge in [0.15, 0.2) is 0 Å². The summed E-state index contributed by atoms with van der Waals surface area (Å²) in [6.07, 6.45) is 0.534. The Morgan fingerprint density at radius 1 is 1.25 bits per heavy atom. The molecule has 1 N–H and O–H groups in total. The van der Waals surface area contributed by atoms with Crippen LogP contribution in [0.4, 0.5) is 0 Å². The molecule has 2 aromatic rings. The molecule has 0 bridgehead atoms. The van der Waals surface area contributed by atoms with Crippen molar-refractivity contribution in [3.8, 4) is 0 Å². The molecule has 0 spiro atoms. The van der Waals surface area contributed by atoms with Crippen molar-refractivity contribution in [2.24, 2.45) is 5.92 Å². The van der Waals surface area contributed by atoms with E-state index >= 15 is 0 Å². The molecule has 104 valence electrons. The van der Waals surface area contributed by atoms with Crippen LogP contribution in [0.15, 0.2) is 42.5 Å². The zero-order valence-corrected chi connectivity index (χ0v) is 12.6. The van der Waals surface area contributed by atoms with Crippen molar-refractivity contribution in [3.63, 3.8) is 0 Å². The summed E-state index contributed by atoms with van der Waals surface area (Å²) < 4.78 is -0.868. The van der Waals surface area contributed by atoms with Crippen molar-refractivity contribution < 1.29 is 4.79 Å². The molecule has 1 amide bonds. The van der Waals surface area contributed by atoms with Crippen molar-refractivity contribution >= 4 is 39.9 Å². The summed E-state index contributed by atoms with van der Waals surface area (Å²) >= 11 is 11.8. The van der Waals surface area contributed by atoms with Crippen LogP contribution in [0.3, 0.4) is 0 Å². The van der Waals surface area contributed by atoms with Gasteiger partial charge in [-0.15, -0.1) is 23.2 Å². The van der Waals surface area contributed by atoms with Crippen LogP contribution in [0.2, 0.25) is 0 Å². The van der Waals surface area contributed by atoms with Gasteiger partial charge in [0.2, 0.25) is 5.91 Å². The van der Waals surface area contributed by atoms with Crippen LogP contribution in [0.5, 0.6) is 0 Å². The van der Waals surface area contributed by atoms with Crippen LogP contribution >= 0.6 is 23.2 Å². The molecule has 3 rings (SSSR count). The lowest BCUT2D eigenvalue weighted by molar-refractivity contribution is -0.123. The lowest BCUT2D eigenvalue weighted by Gasteiger charge is -2.15. The van der Waals surface area contributed by atoms with E-state index in [1.54, 1.807) is 0 Å². The number of nitrogens with one attached hydrogen (secondary N) is 1. The second-order valence-corrected chi connectivity index (χ2v) is 6.90. The van der Waals surface area contributed by atoms with Gasteiger partial charge in [-0.3, -0.25) is 4.79 Å². The lowest BCUT2D eigenvalue weighted by Crippen LogP contribution is -2.29. The number of amides is 1. The zero-order valence-electron chi connectivity index (χ0n) is 11.1. The first-order valence-electron chi connectivity index (χ1n) is 6.64. The molecule has 0 saturated heterocycles. The standard InChI is InChI=1S/C16H15Cl2NO/c1-10(19-15(20)14-9-16(14,17)18)12-7-6-11-4-2-3-5-13(11)8-12/h2-8,10,14H,9H2,1H3,(H,19,20). The average Bonchev–Trinajstić information content (AvgIpc) is 3.07. The van der Waals surface area contributed by atoms with Gasteiger partial charge in [0.05, 0.1) is 12.0 Å². The Morgan fingerprint density at radius 3 is 2.55 bits per heavy atom. The largest absolute Gasteiger partial charge is 0.349 e. The SMILES string of the molecule is CC(NC(=O)C1CC1(Cl)Cl)c1ccc2ccccc2c1. The topological polar surface area (TPSA) is 29.1 Å². The number of carbonyl (C=O) groups excluding carboxylic acids is 1. The van der Waals surface area contributed by atoms with Crippen molar-refractivity contribution in [1.29, 1.82) is 0 Å². The number of hydrogen-bond donors (Lipinski definition) is 1. The van der Waals surface area contributed by atoms with Crippen LogP contribution in [0.1, 0.15) is 24.9 Å². The molecule has 2 unspecified atom stereocenters. The quantitative estimate of drug-likeness (QED) is 0.846. The summed E-state index contributed by atoms with van der Waals surface area (Å²) in [6.45, 7) is 1.97. The molecule has 2 nitrogen and oxygen atoms in total. The van der Waals surface area contributed by atoms with E-state index in [1.165, 1.54) is 10.8 Å². The maximum Gasteiger partial charge on any atom is 0.226 e. The first-order chi connectivity index (χ1) is 9.47. The summed E-state index contributed by atoms with van der Waals surface area (Å²) in [5, 5.41) is 5.33. The van der Waals surface area contributed by atoms with Crippen molar-refractivity contribution in [3.05, 3.63) is 48.0 Å². The Bertz CT molecular complexity index is 668. The average molecular weight is 308 g/mol. The van der Waals surface area contributed by atoms with E-state index in [0.29, 0.717) is 6.42 Å². The van der Waals surface area contributed by atoms with Gasteiger partial charge in [-0.25, -0.2) is 0 Å². The number of benzene rings is 2. The third-order valence-electron chi connectivity index (χ3n) is 3.77. The third kappa shape index (κ3) is 2.63. The number of fused-ring (bicyclic) bond motifs is 1. The lowest BCUT2D eigenvalue weighted by atomic mass is 10.0. The van der Waals surface area contributed by atoms with Crippen LogP contribution in [-0.4, -0.2) is 10.2 Å². The molecule has 1 saturated carbocycles. The van der Waals surface area contributed by atoms with E-state index in [-0.39, 0.29) is 17.9 Å². The maximum atomic E-state index is 12.0. The van der Waals surface area contributed by atoms with E-state index in [2.05, 4.69) is 29.6 Å². The fourth-order valence-corrected chi connectivity index (χ4v) is 2.88. The second kappa shape index (κ2) is 4.94. The monoisotopic (exact) mass is 307 g/mol. The Balaban J connectivity index is 1.75. The number of halogens is 2. The summed E-state index contributed by atoms with van der Waals surface area (Å²) in [4.78, 5) is 12.0. The smallest absolute Gasteiger partial charge is 0.226 e. The maximum absolute atomic E-state index is 12.0. The molecule has 1 fully saturated rings. The molecule has 2 atom stereocenters. The van der Waals surface area contributed by atoms with Gasteiger partial charge in [-0.2, -0.15) is 0 Å². The van der Waals surface area contributed by atoms with Crippen molar-refractivity contribution in [2.75, 3.05) is 0 Å². The van der Waals surface area contributed by atoms with Gasteiger partial charge < -0.3 is 5.32 Å². The van der Waals surface area contributed by atoms with Crippen LogP contribution < -0.4 is 5.32 Å². The van der Waals surface area contributed by atoms with Gasteiger partial charge in [0.25, 0.3) is 0 Å². The van der Waals surface area contributed by atoms with Gasteiger partial charge in [-0.05, 0) is 35.7 Å². The van der Waals surface area contributed by atoms with Gasteiger partial charge in [0.1, 0.15) is 4.33 Å². The first kappa shape index (κ1) is 13.7. The second-order valence-electron chi connectivity index (χ2n) is 5.35. The molecular formula is C16H15Cl2NO. The summed E-state index contributed by atoms with van der Waals surface area (Å²) in [5.74, 6) is -0.357. The van der Waals surface area contributed by atoms with E-state index < -0.39 is 4.33 Å². The summed E-state index contributed by atoms with van der Waals surface area (Å²) in [7, 11) is 0. The summed E-state index contributed by atoms with van der Waals surface area (Å²) in [6, 6.07) is 14.3. The molecule has 0 aliphatic heterocycles. The molecule has 0 heterocycles. The predicted molar refractivity (Wildman–Crippen MR) is 83.0 cm³/mol. The molecular weight excluding hydrogens is 293 g/mol. The Kier molecular flexibility index (Phi) is 3.39. The molecule has 1 aliphatic carbocycles. The Labute approximate surface area is 128 Å². The van der Waals surface area contributed by atoms with Gasteiger partial charge >= 0.3 is 0 Å². The van der Waals surface area contributed by atoms with Gasteiger partial charge in [-0.1, -0.05) is 36.4 Å². The van der Waals surface area contributed by atoms with E-state index in [1.807, 2.05) is 25.1 Å². The summed E-state index contributed by atoms with van der Waals surface area (Å²) in [5.41, 5.74) is 1.08. The Hall–Kier alpha value is -1.25. The Morgan fingerprint density at radius 2 is 1.90 bits per heavy atom. The fraction of sp³-hybridized carbons (Fsp3) is 0.312. The van der Waals surface area contributed by atoms with E-state index in [4.69, 9.17) is 23.2 Å². The molecule has 2 aromatic carbocycles. The molecule has 1 aliphatic rings. The minimum absolute atomic E-state index is 0.0585. The van der Waals surface area contributed by atoms with Crippen molar-refractivity contribution in [1.82, 2.24) is 5.32 Å². The highest BCUT2D eigenvalue weighted by molar-refractivity contribution is 6.52. The fourth-order valence-electron chi connectivity index (χ4n) is 2.37. The number of carbonyl (C=O) groups is 1. The normalized spacial score (nSPS) is 21.4. The zero-order chi connectivity index (χ0) is 14.3. The highest BCUT2D eigenvalue weighted by Crippen LogP contribution is 2.53. The molecule has 0 aromatic heterocycles. The third-order valence-corrected chi connectivity index (χ3v) is 4.61. The van der Waals surface area contributed by atoms with E-state index in [0.717, 1.165) is 5.56 Å². The number of rotatable bonds is 3. The minimum Gasteiger partial charge on any atom is -0.349 e.